The third kappa shape index (κ3) is 6.33. The maximum atomic E-state index is 12.9. The van der Waals surface area contributed by atoms with E-state index in [-0.39, 0.29) is 16.2 Å². The molecular weight excluding hydrogens is 486 g/mol. The van der Waals surface area contributed by atoms with Gasteiger partial charge in [-0.3, -0.25) is 8.37 Å². The molecule has 184 valence electrons. The lowest BCUT2D eigenvalue weighted by Crippen LogP contribution is -2.52. The number of hydrogen-bond donors (Lipinski definition) is 0. The van der Waals surface area contributed by atoms with Crippen molar-refractivity contribution < 1.29 is 34.7 Å². The van der Waals surface area contributed by atoms with Gasteiger partial charge in [0.1, 0.15) is 12.2 Å². The van der Waals surface area contributed by atoms with Crippen LogP contribution in [0.3, 0.4) is 0 Å². The van der Waals surface area contributed by atoms with E-state index >= 15 is 0 Å². The van der Waals surface area contributed by atoms with Gasteiger partial charge in [0.05, 0.1) is 22.4 Å². The molecule has 0 aromatic heterocycles. The van der Waals surface area contributed by atoms with Crippen LogP contribution in [0.1, 0.15) is 17.5 Å². The fourth-order valence-electron chi connectivity index (χ4n) is 3.33. The van der Waals surface area contributed by atoms with Gasteiger partial charge in [-0.1, -0.05) is 40.5 Å². The Labute approximate surface area is 198 Å². The second-order valence-corrected chi connectivity index (χ2v) is 10.9. The first-order valence-corrected chi connectivity index (χ1v) is 13.1. The minimum Gasteiger partial charge on any atom is -0.356 e. The predicted octanol–water partition coefficient (Wildman–Crippen LogP) is 3.22. The standard InChI is InChI=1S/C21H25N3O8S2/c1-14-4-8-16(9-5-14)33(25,26)30-13-19-21(18(23-24-22)12-20(29-3)31-19)32-34(27,28)17-10-6-15(2)7-11-17/h4-11,18-21H,12-13H2,1-3H3/t18-,19-,20+,21+/m1/s1. The van der Waals surface area contributed by atoms with Crippen LogP contribution >= 0.6 is 0 Å². The number of benzene rings is 2. The van der Waals surface area contributed by atoms with E-state index in [0.29, 0.717) is 0 Å². The molecule has 3 rings (SSSR count). The second kappa shape index (κ2) is 10.8. The zero-order valence-corrected chi connectivity index (χ0v) is 20.4. The van der Waals surface area contributed by atoms with Gasteiger partial charge in [-0.25, -0.2) is 0 Å². The number of azide groups is 1. The Morgan fingerprint density at radius 1 is 0.971 bits per heavy atom. The van der Waals surface area contributed by atoms with E-state index in [1.807, 2.05) is 6.92 Å². The topological polar surface area (TPSA) is 154 Å². The first-order chi connectivity index (χ1) is 16.1. The van der Waals surface area contributed by atoms with Crippen LogP contribution in [-0.4, -0.2) is 55.1 Å². The van der Waals surface area contributed by atoms with E-state index in [1.54, 1.807) is 31.2 Å². The highest BCUT2D eigenvalue weighted by molar-refractivity contribution is 7.87. The highest BCUT2D eigenvalue weighted by Crippen LogP contribution is 2.30. The minimum absolute atomic E-state index is 0.00411. The first kappa shape index (κ1) is 26.1. The van der Waals surface area contributed by atoms with Gasteiger partial charge in [-0.2, -0.15) is 16.8 Å². The summed E-state index contributed by atoms with van der Waals surface area (Å²) in [5.41, 5.74) is 10.7. The summed E-state index contributed by atoms with van der Waals surface area (Å²) in [7, 11) is -7.14. The third-order valence-corrected chi connectivity index (χ3v) is 7.83. The molecule has 2 aromatic carbocycles. The Kier molecular flexibility index (Phi) is 8.31. The molecule has 0 amide bonds. The van der Waals surface area contributed by atoms with E-state index in [4.69, 9.17) is 23.4 Å². The first-order valence-electron chi connectivity index (χ1n) is 10.2. The van der Waals surface area contributed by atoms with Gasteiger partial charge in [-0.15, -0.1) is 0 Å². The van der Waals surface area contributed by atoms with Crippen molar-refractivity contribution in [1.29, 1.82) is 0 Å². The number of hydrogen-bond acceptors (Lipinski definition) is 9. The maximum absolute atomic E-state index is 12.9. The van der Waals surface area contributed by atoms with Crippen molar-refractivity contribution in [3.63, 3.8) is 0 Å². The van der Waals surface area contributed by atoms with E-state index in [2.05, 4.69) is 10.0 Å². The zero-order valence-electron chi connectivity index (χ0n) is 18.8. The molecule has 2 aromatic rings. The van der Waals surface area contributed by atoms with Gasteiger partial charge in [-0.05, 0) is 43.6 Å². The van der Waals surface area contributed by atoms with Crippen molar-refractivity contribution in [2.45, 2.75) is 54.6 Å². The summed E-state index contributed by atoms with van der Waals surface area (Å²) >= 11 is 0. The second-order valence-electron chi connectivity index (χ2n) is 7.73. The smallest absolute Gasteiger partial charge is 0.297 e. The Balaban J connectivity index is 1.88. The van der Waals surface area contributed by atoms with Crippen molar-refractivity contribution >= 4 is 20.2 Å². The lowest BCUT2D eigenvalue weighted by Gasteiger charge is -2.38. The van der Waals surface area contributed by atoms with Crippen LogP contribution in [0.4, 0.5) is 0 Å². The van der Waals surface area contributed by atoms with Crippen molar-refractivity contribution in [2.75, 3.05) is 13.7 Å². The minimum atomic E-state index is -4.30. The average molecular weight is 512 g/mol. The van der Waals surface area contributed by atoms with Crippen molar-refractivity contribution in [3.05, 3.63) is 70.1 Å². The lowest BCUT2D eigenvalue weighted by molar-refractivity contribution is -0.217. The Morgan fingerprint density at radius 2 is 1.50 bits per heavy atom. The molecule has 13 heteroatoms. The fourth-order valence-corrected chi connectivity index (χ4v) is 5.38. The molecule has 0 bridgehead atoms. The molecule has 0 N–H and O–H groups in total. The number of methoxy groups -OCH3 is 1. The van der Waals surface area contributed by atoms with Crippen molar-refractivity contribution in [1.82, 2.24) is 0 Å². The summed E-state index contributed by atoms with van der Waals surface area (Å²) in [5.74, 6) is 0. The van der Waals surface area contributed by atoms with Crippen LogP contribution in [0.25, 0.3) is 10.4 Å². The van der Waals surface area contributed by atoms with E-state index in [9.17, 15) is 16.8 Å². The molecule has 34 heavy (non-hydrogen) atoms. The summed E-state index contributed by atoms with van der Waals surface area (Å²) in [6.07, 6.45) is -3.50. The number of ether oxygens (including phenoxy) is 2. The zero-order chi connectivity index (χ0) is 24.9. The molecule has 0 unspecified atom stereocenters. The summed E-state index contributed by atoms with van der Waals surface area (Å²) < 4.78 is 72.6. The van der Waals surface area contributed by atoms with Gasteiger partial charge < -0.3 is 9.47 Å². The molecule has 1 heterocycles. The highest BCUT2D eigenvalue weighted by atomic mass is 32.2. The highest BCUT2D eigenvalue weighted by Gasteiger charge is 2.43. The normalized spacial score (nSPS) is 23.3. The molecule has 1 aliphatic heterocycles. The monoisotopic (exact) mass is 511 g/mol. The number of nitrogens with zero attached hydrogens (tertiary/aromatic N) is 3. The lowest BCUT2D eigenvalue weighted by atomic mass is 10.00. The van der Waals surface area contributed by atoms with E-state index < -0.39 is 51.4 Å². The van der Waals surface area contributed by atoms with Crippen LogP contribution in [0.2, 0.25) is 0 Å². The van der Waals surface area contributed by atoms with Crippen LogP contribution in [-0.2, 0) is 38.1 Å². The SMILES string of the molecule is CO[C@@H]1C[C@@H](N=[N+]=[N-])[C@H](OS(=O)(=O)c2ccc(C)cc2)[C@@H](COS(=O)(=O)c2ccc(C)cc2)O1. The fraction of sp³-hybridized carbons (Fsp3) is 0.429. The van der Waals surface area contributed by atoms with Crippen LogP contribution < -0.4 is 0 Å². The van der Waals surface area contributed by atoms with Gasteiger partial charge in [0.25, 0.3) is 20.2 Å². The molecule has 0 radical (unpaired) electrons. The quantitative estimate of drug-likeness (QED) is 0.215. The molecule has 1 saturated heterocycles. The largest absolute Gasteiger partial charge is 0.356 e. The number of rotatable bonds is 9. The van der Waals surface area contributed by atoms with Gasteiger partial charge in [0.15, 0.2) is 6.29 Å². The Morgan fingerprint density at radius 3 is 2.00 bits per heavy atom. The maximum Gasteiger partial charge on any atom is 0.297 e. The molecule has 1 fully saturated rings. The Bertz CT molecular complexity index is 1240. The molecule has 1 aliphatic rings. The van der Waals surface area contributed by atoms with E-state index in [1.165, 1.54) is 31.4 Å². The summed E-state index contributed by atoms with van der Waals surface area (Å²) in [4.78, 5) is 2.58. The molecular formula is C21H25N3O8S2. The van der Waals surface area contributed by atoms with Gasteiger partial charge in [0.2, 0.25) is 0 Å². The van der Waals surface area contributed by atoms with Gasteiger partial charge in [0, 0.05) is 18.4 Å². The molecule has 0 aliphatic carbocycles. The van der Waals surface area contributed by atoms with Crippen LogP contribution in [0.15, 0.2) is 63.4 Å². The van der Waals surface area contributed by atoms with Crippen molar-refractivity contribution in [3.8, 4) is 0 Å². The molecule has 4 atom stereocenters. The van der Waals surface area contributed by atoms with Crippen LogP contribution in [0, 0.1) is 13.8 Å². The molecule has 0 spiro atoms. The summed E-state index contributed by atoms with van der Waals surface area (Å²) in [6.45, 7) is 3.02. The average Bonchev–Trinajstić information content (AvgIpc) is 2.79. The Hall–Kier alpha value is -2.51. The van der Waals surface area contributed by atoms with E-state index in [0.717, 1.165) is 11.1 Å². The molecule has 11 nitrogen and oxygen atoms in total. The third-order valence-electron chi connectivity index (χ3n) is 5.21. The van der Waals surface area contributed by atoms with Crippen LogP contribution in [0.5, 0.6) is 0 Å². The van der Waals surface area contributed by atoms with Gasteiger partial charge >= 0.3 is 0 Å². The van der Waals surface area contributed by atoms with Crippen molar-refractivity contribution in [2.24, 2.45) is 5.11 Å². The summed E-state index contributed by atoms with van der Waals surface area (Å²) in [6, 6.07) is 11.0. The number of aryl methyl sites for hydroxylation is 2. The summed E-state index contributed by atoms with van der Waals surface area (Å²) in [5, 5.41) is 3.64. The molecule has 0 saturated carbocycles. The predicted molar refractivity (Wildman–Crippen MR) is 121 cm³/mol.